The Morgan fingerprint density at radius 1 is 1.17 bits per heavy atom. The van der Waals surface area contributed by atoms with Crippen molar-refractivity contribution < 1.29 is 14.6 Å². The van der Waals surface area contributed by atoms with Gasteiger partial charge in [0, 0.05) is 18.0 Å². The van der Waals surface area contributed by atoms with Crippen molar-refractivity contribution in [3.8, 4) is 5.75 Å². The van der Waals surface area contributed by atoms with E-state index in [0.717, 1.165) is 12.0 Å². The van der Waals surface area contributed by atoms with Crippen molar-refractivity contribution in [1.29, 1.82) is 0 Å². The first-order valence-electron chi connectivity index (χ1n) is 8.60. The second kappa shape index (κ2) is 7.64. The first-order valence-corrected chi connectivity index (χ1v) is 8.60. The summed E-state index contributed by atoms with van der Waals surface area (Å²) in [6.07, 6.45) is 9.40. The Morgan fingerprint density at radius 3 is 2.78 bits per heavy atom. The van der Waals surface area contributed by atoms with Crippen molar-refractivity contribution in [3.05, 3.63) is 35.9 Å². The van der Waals surface area contributed by atoms with E-state index < -0.39 is 0 Å². The Bertz CT molecular complexity index is 550. The molecule has 0 unspecified atom stereocenters. The van der Waals surface area contributed by atoms with Crippen LogP contribution >= 0.6 is 0 Å². The third-order valence-corrected chi connectivity index (χ3v) is 4.97. The monoisotopic (exact) mass is 315 g/mol. The molecular formula is C19H25NO3. The number of rotatable bonds is 4. The summed E-state index contributed by atoms with van der Waals surface area (Å²) >= 11 is 0. The maximum absolute atomic E-state index is 11.9. The fraction of sp³-hybridized carbons (Fsp3) is 0.526. The molecule has 0 aliphatic carbocycles. The van der Waals surface area contributed by atoms with Crippen molar-refractivity contribution in [3.63, 3.8) is 0 Å². The molecule has 4 heteroatoms. The number of hydrogen-bond donors (Lipinski definition) is 1. The maximum Gasteiger partial charge on any atom is 0.330 e. The molecule has 2 saturated heterocycles. The molecule has 0 spiro atoms. The van der Waals surface area contributed by atoms with Gasteiger partial charge in [-0.1, -0.05) is 18.6 Å². The highest BCUT2D eigenvalue weighted by molar-refractivity contribution is 5.87. The van der Waals surface area contributed by atoms with Crippen LogP contribution in [0, 0.1) is 5.92 Å². The number of fused-ring (bicyclic) bond motifs is 1. The summed E-state index contributed by atoms with van der Waals surface area (Å²) < 4.78 is 5.47. The van der Waals surface area contributed by atoms with E-state index in [9.17, 15) is 9.90 Å². The van der Waals surface area contributed by atoms with E-state index in [1.165, 1.54) is 44.8 Å². The van der Waals surface area contributed by atoms with Gasteiger partial charge in [0.2, 0.25) is 0 Å². The van der Waals surface area contributed by atoms with Crippen LogP contribution in [0.4, 0.5) is 0 Å². The van der Waals surface area contributed by atoms with Gasteiger partial charge in [-0.05, 0) is 62.5 Å². The number of esters is 1. The van der Waals surface area contributed by atoms with Gasteiger partial charge in [0.15, 0.2) is 0 Å². The number of carbonyl (C=O) groups is 1. The molecule has 0 radical (unpaired) electrons. The van der Waals surface area contributed by atoms with Gasteiger partial charge in [-0.3, -0.25) is 4.90 Å². The van der Waals surface area contributed by atoms with E-state index >= 15 is 0 Å². The van der Waals surface area contributed by atoms with Crippen molar-refractivity contribution in [2.45, 2.75) is 38.1 Å². The Labute approximate surface area is 137 Å². The fourth-order valence-electron chi connectivity index (χ4n) is 3.76. The molecule has 0 amide bonds. The quantitative estimate of drug-likeness (QED) is 0.685. The molecule has 0 saturated carbocycles. The largest absolute Gasteiger partial charge is 0.508 e. The molecule has 2 fully saturated rings. The Morgan fingerprint density at radius 2 is 1.96 bits per heavy atom. The predicted molar refractivity (Wildman–Crippen MR) is 90.0 cm³/mol. The number of piperidine rings is 2. The molecule has 0 bridgehead atoms. The van der Waals surface area contributed by atoms with Crippen LogP contribution in [0.5, 0.6) is 5.75 Å². The van der Waals surface area contributed by atoms with Gasteiger partial charge in [-0.25, -0.2) is 4.79 Å². The number of carbonyl (C=O) groups excluding carboxylic acids is 1. The molecule has 4 nitrogen and oxygen atoms in total. The minimum Gasteiger partial charge on any atom is -0.508 e. The van der Waals surface area contributed by atoms with Crippen LogP contribution in [-0.2, 0) is 9.53 Å². The van der Waals surface area contributed by atoms with Crippen molar-refractivity contribution in [2.24, 2.45) is 5.92 Å². The lowest BCUT2D eigenvalue weighted by Gasteiger charge is -2.44. The number of aromatic hydroxyl groups is 1. The van der Waals surface area contributed by atoms with Gasteiger partial charge in [-0.2, -0.15) is 0 Å². The molecule has 124 valence electrons. The first-order chi connectivity index (χ1) is 11.2. The number of hydrogen-bond acceptors (Lipinski definition) is 4. The molecule has 2 aliphatic heterocycles. The van der Waals surface area contributed by atoms with E-state index in [1.54, 1.807) is 30.3 Å². The third kappa shape index (κ3) is 4.35. The molecule has 3 rings (SSSR count). The van der Waals surface area contributed by atoms with Gasteiger partial charge in [0.1, 0.15) is 5.75 Å². The highest BCUT2D eigenvalue weighted by Gasteiger charge is 2.33. The average Bonchev–Trinajstić information content (AvgIpc) is 2.59. The van der Waals surface area contributed by atoms with Crippen LogP contribution in [0.1, 0.15) is 37.7 Å². The normalized spacial score (nSPS) is 25.2. The molecule has 23 heavy (non-hydrogen) atoms. The van der Waals surface area contributed by atoms with Gasteiger partial charge >= 0.3 is 5.97 Å². The lowest BCUT2D eigenvalue weighted by atomic mass is 9.84. The van der Waals surface area contributed by atoms with E-state index in [0.29, 0.717) is 18.6 Å². The summed E-state index contributed by atoms with van der Waals surface area (Å²) in [5.41, 5.74) is 0.871. The first kappa shape index (κ1) is 16.1. The van der Waals surface area contributed by atoms with Gasteiger partial charge in [0.05, 0.1) is 6.61 Å². The molecule has 2 atom stereocenters. The summed E-state index contributed by atoms with van der Waals surface area (Å²) in [6, 6.07) is 7.33. The van der Waals surface area contributed by atoms with Crippen LogP contribution in [0.2, 0.25) is 0 Å². The topological polar surface area (TPSA) is 49.8 Å². The van der Waals surface area contributed by atoms with Crippen LogP contribution in [0.25, 0.3) is 6.08 Å². The summed E-state index contributed by atoms with van der Waals surface area (Å²) in [6.45, 7) is 2.94. The zero-order valence-corrected chi connectivity index (χ0v) is 13.5. The van der Waals surface area contributed by atoms with Crippen molar-refractivity contribution >= 4 is 12.0 Å². The van der Waals surface area contributed by atoms with E-state index in [2.05, 4.69) is 4.90 Å². The standard InChI is InChI=1S/C19H25NO3/c21-17-9-6-15(7-10-17)8-11-19(22)23-14-16-4-3-13-20-12-2-1-5-18(16)20/h6-11,16,18,21H,1-5,12-14H2/b11-8-/t16-,18-/m1/s1. The zero-order valence-electron chi connectivity index (χ0n) is 13.5. The highest BCUT2D eigenvalue weighted by atomic mass is 16.5. The molecule has 1 aromatic rings. The number of nitrogens with zero attached hydrogens (tertiary/aromatic N) is 1. The second-order valence-electron chi connectivity index (χ2n) is 6.56. The van der Waals surface area contributed by atoms with Crippen LogP contribution in [-0.4, -0.2) is 41.7 Å². The number of ether oxygens (including phenoxy) is 1. The summed E-state index contributed by atoms with van der Waals surface area (Å²) in [5, 5.41) is 9.24. The van der Waals surface area contributed by atoms with E-state index in [-0.39, 0.29) is 11.7 Å². The Balaban J connectivity index is 1.49. The van der Waals surface area contributed by atoms with Crippen molar-refractivity contribution in [1.82, 2.24) is 4.90 Å². The minimum absolute atomic E-state index is 0.221. The smallest absolute Gasteiger partial charge is 0.330 e. The van der Waals surface area contributed by atoms with E-state index in [1.807, 2.05) is 0 Å². The molecule has 1 N–H and O–H groups in total. The second-order valence-corrected chi connectivity index (χ2v) is 6.56. The highest BCUT2D eigenvalue weighted by Crippen LogP contribution is 2.31. The lowest BCUT2D eigenvalue weighted by molar-refractivity contribution is -0.140. The van der Waals surface area contributed by atoms with Crippen LogP contribution in [0.3, 0.4) is 0 Å². The van der Waals surface area contributed by atoms with Gasteiger partial charge in [0.25, 0.3) is 0 Å². The summed E-state index contributed by atoms with van der Waals surface area (Å²) in [5.74, 6) is 0.417. The van der Waals surface area contributed by atoms with Crippen LogP contribution < -0.4 is 0 Å². The maximum atomic E-state index is 11.9. The zero-order chi connectivity index (χ0) is 16.1. The number of phenols is 1. The third-order valence-electron chi connectivity index (χ3n) is 4.97. The molecular weight excluding hydrogens is 290 g/mol. The summed E-state index contributed by atoms with van der Waals surface area (Å²) in [7, 11) is 0. The SMILES string of the molecule is O=C(/C=C\c1ccc(O)cc1)OC[C@H]1CCCN2CCCC[C@H]12. The van der Waals surface area contributed by atoms with Gasteiger partial charge in [-0.15, -0.1) is 0 Å². The number of benzene rings is 1. The lowest BCUT2D eigenvalue weighted by Crippen LogP contribution is -2.49. The Hall–Kier alpha value is -1.81. The van der Waals surface area contributed by atoms with Crippen molar-refractivity contribution in [2.75, 3.05) is 19.7 Å². The molecule has 0 aromatic heterocycles. The van der Waals surface area contributed by atoms with Crippen LogP contribution in [0.15, 0.2) is 30.3 Å². The molecule has 2 heterocycles. The molecule has 1 aromatic carbocycles. The fourth-order valence-corrected chi connectivity index (χ4v) is 3.76. The van der Waals surface area contributed by atoms with E-state index in [4.69, 9.17) is 4.74 Å². The average molecular weight is 315 g/mol. The Kier molecular flexibility index (Phi) is 5.34. The predicted octanol–water partition coefficient (Wildman–Crippen LogP) is 3.21. The number of phenolic OH excluding ortho intramolecular Hbond substituents is 1. The summed E-state index contributed by atoms with van der Waals surface area (Å²) in [4.78, 5) is 14.5. The minimum atomic E-state index is -0.286. The molecule has 2 aliphatic rings. The van der Waals surface area contributed by atoms with Gasteiger partial charge < -0.3 is 9.84 Å².